The van der Waals surface area contributed by atoms with Crippen molar-refractivity contribution in [3.05, 3.63) is 47.3 Å². The number of ether oxygens (including phenoxy) is 1. The molecule has 3 atom stereocenters. The van der Waals surface area contributed by atoms with E-state index in [9.17, 15) is 9.59 Å². The smallest absolute Gasteiger partial charge is 0.328 e. The molecule has 0 saturated heterocycles. The summed E-state index contributed by atoms with van der Waals surface area (Å²) in [5, 5.41) is 1.25. The Labute approximate surface area is 152 Å². The molecule has 134 valence electrons. The lowest BCUT2D eigenvalue weighted by Gasteiger charge is -2.48. The molecule has 0 fully saturated rings. The highest BCUT2D eigenvalue weighted by Gasteiger charge is 2.47. The highest BCUT2D eigenvalue weighted by Crippen LogP contribution is 2.52. The van der Waals surface area contributed by atoms with Crippen molar-refractivity contribution in [1.82, 2.24) is 9.47 Å². The number of aromatic nitrogens is 1. The number of nitrogens with zero attached hydrogens (tertiary/aromatic N) is 2. The molecule has 0 N–H and O–H groups in total. The standard InChI is InChI=1S/C21H22N2O3/c1-12(24)14-9-13-10-18(21(25)26-2)23-17-6-4-3-5-15(17)16-7-8-22(11-14)19(13)20(16)23/h3-6,11,13,18-19H,7-10H2,1-2H3/t13-,18+,19+/m1/s1. The molecule has 0 bridgehead atoms. The molecule has 0 spiro atoms. The fourth-order valence-corrected chi connectivity index (χ4v) is 5.27. The second kappa shape index (κ2) is 5.47. The van der Waals surface area contributed by atoms with Gasteiger partial charge in [0.15, 0.2) is 5.78 Å². The van der Waals surface area contributed by atoms with Gasteiger partial charge in [-0.1, -0.05) is 18.2 Å². The van der Waals surface area contributed by atoms with Crippen LogP contribution in [0.1, 0.15) is 43.1 Å². The van der Waals surface area contributed by atoms with Gasteiger partial charge in [-0.05, 0) is 43.7 Å². The Hall–Kier alpha value is -2.56. The van der Waals surface area contributed by atoms with Crippen LogP contribution >= 0.6 is 0 Å². The third kappa shape index (κ3) is 1.97. The van der Waals surface area contributed by atoms with Gasteiger partial charge in [0.2, 0.25) is 0 Å². The van der Waals surface area contributed by atoms with Crippen LogP contribution in [0.2, 0.25) is 0 Å². The van der Waals surface area contributed by atoms with E-state index in [0.29, 0.717) is 6.42 Å². The number of hydrogen-bond donors (Lipinski definition) is 0. The normalized spacial score (nSPS) is 26.3. The molecule has 4 heterocycles. The number of rotatable bonds is 2. The first kappa shape index (κ1) is 15.7. The van der Waals surface area contributed by atoms with Gasteiger partial charge < -0.3 is 14.2 Å². The number of hydrogen-bond acceptors (Lipinski definition) is 4. The van der Waals surface area contributed by atoms with Gasteiger partial charge in [-0.3, -0.25) is 4.79 Å². The van der Waals surface area contributed by atoms with Crippen molar-refractivity contribution in [2.75, 3.05) is 13.7 Å². The summed E-state index contributed by atoms with van der Waals surface area (Å²) in [5.41, 5.74) is 4.61. The van der Waals surface area contributed by atoms with Crippen LogP contribution in [0.4, 0.5) is 0 Å². The van der Waals surface area contributed by atoms with Crippen molar-refractivity contribution >= 4 is 22.7 Å². The van der Waals surface area contributed by atoms with E-state index in [1.165, 1.54) is 23.8 Å². The number of Topliss-reactive ketones (excluding diaryl/α,β-unsaturated/α-hetero) is 1. The van der Waals surface area contributed by atoms with Gasteiger partial charge in [0.25, 0.3) is 0 Å². The van der Waals surface area contributed by atoms with E-state index in [4.69, 9.17) is 4.74 Å². The number of benzene rings is 1. The Morgan fingerprint density at radius 2 is 2.04 bits per heavy atom. The third-order valence-electron chi connectivity index (χ3n) is 6.33. The van der Waals surface area contributed by atoms with Gasteiger partial charge in [0.05, 0.1) is 13.2 Å². The first-order chi connectivity index (χ1) is 12.6. The third-order valence-corrected chi connectivity index (χ3v) is 6.33. The summed E-state index contributed by atoms with van der Waals surface area (Å²) in [7, 11) is 1.46. The lowest BCUT2D eigenvalue weighted by molar-refractivity contribution is -0.146. The molecular formula is C21H22N2O3. The molecule has 5 rings (SSSR count). The molecule has 5 heteroatoms. The first-order valence-corrected chi connectivity index (χ1v) is 9.27. The quantitative estimate of drug-likeness (QED) is 0.781. The number of ketones is 1. The minimum absolute atomic E-state index is 0.134. The summed E-state index contributed by atoms with van der Waals surface area (Å²) < 4.78 is 7.37. The average molecular weight is 350 g/mol. The van der Waals surface area contributed by atoms with E-state index in [-0.39, 0.29) is 29.8 Å². The van der Waals surface area contributed by atoms with Crippen LogP contribution in [-0.2, 0) is 20.7 Å². The molecule has 0 amide bonds. The van der Waals surface area contributed by atoms with E-state index >= 15 is 0 Å². The largest absolute Gasteiger partial charge is 0.467 e. The van der Waals surface area contributed by atoms with Crippen molar-refractivity contribution < 1.29 is 14.3 Å². The number of methoxy groups -OCH3 is 1. The zero-order chi connectivity index (χ0) is 18.0. The zero-order valence-corrected chi connectivity index (χ0v) is 15.1. The molecule has 26 heavy (non-hydrogen) atoms. The number of allylic oxidation sites excluding steroid dienone is 1. The molecule has 1 aromatic heterocycles. The molecule has 0 aliphatic carbocycles. The average Bonchev–Trinajstić information content (AvgIpc) is 3.00. The van der Waals surface area contributed by atoms with Crippen LogP contribution in [0.15, 0.2) is 36.0 Å². The van der Waals surface area contributed by atoms with Gasteiger partial charge in [-0.15, -0.1) is 0 Å². The summed E-state index contributed by atoms with van der Waals surface area (Å²) in [5.74, 6) is 0.205. The number of carbonyl (C=O) groups is 2. The topological polar surface area (TPSA) is 51.5 Å². The second-order valence-corrected chi connectivity index (χ2v) is 7.63. The predicted octanol–water partition coefficient (Wildman–Crippen LogP) is 3.15. The monoisotopic (exact) mass is 350 g/mol. The highest BCUT2D eigenvalue weighted by atomic mass is 16.5. The van der Waals surface area contributed by atoms with Crippen molar-refractivity contribution in [2.24, 2.45) is 5.92 Å². The lowest BCUT2D eigenvalue weighted by Crippen LogP contribution is -2.45. The Bertz CT molecular complexity index is 971. The molecule has 0 unspecified atom stereocenters. The predicted molar refractivity (Wildman–Crippen MR) is 97.6 cm³/mol. The van der Waals surface area contributed by atoms with E-state index < -0.39 is 0 Å². The number of fused-ring (bicyclic) bond motifs is 3. The maximum absolute atomic E-state index is 12.6. The van der Waals surface area contributed by atoms with Crippen LogP contribution in [0.3, 0.4) is 0 Å². The number of para-hydroxylation sites is 1. The number of carbonyl (C=O) groups excluding carboxylic acids is 2. The summed E-state index contributed by atoms with van der Waals surface area (Å²) in [6, 6.07) is 8.29. The fraction of sp³-hybridized carbons (Fsp3) is 0.429. The van der Waals surface area contributed by atoms with Gasteiger partial charge in [0.1, 0.15) is 6.04 Å². The minimum Gasteiger partial charge on any atom is -0.467 e. The summed E-state index contributed by atoms with van der Waals surface area (Å²) >= 11 is 0. The van der Waals surface area contributed by atoms with Crippen LogP contribution in [0, 0.1) is 5.92 Å². The maximum Gasteiger partial charge on any atom is 0.328 e. The molecule has 5 nitrogen and oxygen atoms in total. The van der Waals surface area contributed by atoms with Gasteiger partial charge in [-0.25, -0.2) is 4.79 Å². The zero-order valence-electron chi connectivity index (χ0n) is 15.1. The lowest BCUT2D eigenvalue weighted by atomic mass is 9.76. The first-order valence-electron chi connectivity index (χ1n) is 9.27. The van der Waals surface area contributed by atoms with E-state index in [2.05, 4.69) is 33.9 Å². The second-order valence-electron chi connectivity index (χ2n) is 7.63. The van der Waals surface area contributed by atoms with E-state index in [0.717, 1.165) is 30.5 Å². The number of esters is 1. The summed E-state index contributed by atoms with van der Waals surface area (Å²) in [4.78, 5) is 27.0. The molecule has 3 aliphatic heterocycles. The summed E-state index contributed by atoms with van der Waals surface area (Å²) in [6.45, 7) is 2.56. The minimum atomic E-state index is -0.318. The van der Waals surface area contributed by atoms with Gasteiger partial charge in [-0.2, -0.15) is 0 Å². The molecular weight excluding hydrogens is 328 g/mol. The molecule has 1 aromatic carbocycles. The highest BCUT2D eigenvalue weighted by molar-refractivity contribution is 5.94. The Morgan fingerprint density at radius 3 is 2.81 bits per heavy atom. The van der Waals surface area contributed by atoms with E-state index in [1.54, 1.807) is 6.92 Å². The van der Waals surface area contributed by atoms with E-state index in [1.807, 2.05) is 6.07 Å². The Morgan fingerprint density at radius 1 is 1.23 bits per heavy atom. The molecule has 3 aliphatic rings. The maximum atomic E-state index is 12.6. The van der Waals surface area contributed by atoms with Gasteiger partial charge >= 0.3 is 5.97 Å². The van der Waals surface area contributed by atoms with Crippen LogP contribution in [0.5, 0.6) is 0 Å². The van der Waals surface area contributed by atoms with Gasteiger partial charge in [0, 0.05) is 34.9 Å². The summed E-state index contributed by atoms with van der Waals surface area (Å²) in [6.07, 6.45) is 4.45. The molecule has 0 saturated carbocycles. The van der Waals surface area contributed by atoms with Crippen molar-refractivity contribution in [3.8, 4) is 0 Å². The van der Waals surface area contributed by atoms with Crippen molar-refractivity contribution in [2.45, 2.75) is 38.3 Å². The van der Waals surface area contributed by atoms with Crippen LogP contribution in [0.25, 0.3) is 10.9 Å². The molecule has 0 radical (unpaired) electrons. The fourth-order valence-electron chi connectivity index (χ4n) is 5.27. The Kier molecular flexibility index (Phi) is 3.30. The van der Waals surface area contributed by atoms with Crippen LogP contribution < -0.4 is 0 Å². The molecule has 2 aromatic rings. The Balaban J connectivity index is 1.77. The van der Waals surface area contributed by atoms with Crippen molar-refractivity contribution in [3.63, 3.8) is 0 Å². The SMILES string of the molecule is COC(=O)[C@@H]1C[C@H]2CC(C(C)=O)=CN3CCc4c(n1c1ccccc41)[C@H]23. The van der Waals surface area contributed by atoms with Crippen LogP contribution in [-0.4, -0.2) is 34.9 Å². The van der Waals surface area contributed by atoms with Crippen molar-refractivity contribution in [1.29, 1.82) is 0 Å².